The zero-order chi connectivity index (χ0) is 20.5. The van der Waals surface area contributed by atoms with Crippen molar-refractivity contribution >= 4 is 17.0 Å². The molecular weight excluding hydrogens is 378 g/mol. The van der Waals surface area contributed by atoms with E-state index in [4.69, 9.17) is 9.47 Å². The van der Waals surface area contributed by atoms with E-state index in [2.05, 4.69) is 20.3 Å². The first kappa shape index (κ1) is 19.5. The number of aliphatic hydroxyl groups is 3. The van der Waals surface area contributed by atoms with Crippen molar-refractivity contribution in [2.75, 3.05) is 19.0 Å². The summed E-state index contributed by atoms with van der Waals surface area (Å²) in [4.78, 5) is 12.9. The standard InChI is InChI=1S/C19H23N5O5/c1-10(11-4-3-5-12(6-11)28-2)23-17-14-18(21-8-20-17)24(9-22-14)19-16(27)15(26)13(7-25)29-19/h3-6,8-10,13,15-16,19,25-27H,7H2,1-2H3,(H,20,21,23)/t10-,13-,15-,16-,19-/m1/s1. The van der Waals surface area contributed by atoms with Gasteiger partial charge < -0.3 is 30.1 Å². The summed E-state index contributed by atoms with van der Waals surface area (Å²) < 4.78 is 12.4. The van der Waals surface area contributed by atoms with Gasteiger partial charge in [-0.05, 0) is 24.6 Å². The Bertz CT molecular complexity index is 996. The first-order valence-electron chi connectivity index (χ1n) is 9.24. The molecule has 3 heterocycles. The summed E-state index contributed by atoms with van der Waals surface area (Å²) in [5.41, 5.74) is 1.95. The third-order valence-electron chi connectivity index (χ3n) is 5.10. The molecule has 5 atom stereocenters. The number of hydrogen-bond acceptors (Lipinski definition) is 9. The summed E-state index contributed by atoms with van der Waals surface area (Å²) in [6, 6.07) is 7.63. The highest BCUT2D eigenvalue weighted by Gasteiger charge is 2.44. The molecule has 0 aliphatic carbocycles. The van der Waals surface area contributed by atoms with Gasteiger partial charge >= 0.3 is 0 Å². The second-order valence-corrected chi connectivity index (χ2v) is 6.92. The van der Waals surface area contributed by atoms with Crippen molar-refractivity contribution in [1.29, 1.82) is 0 Å². The summed E-state index contributed by atoms with van der Waals surface area (Å²) in [5, 5.41) is 32.9. The molecule has 1 aliphatic rings. The Morgan fingerprint density at radius 1 is 1.24 bits per heavy atom. The number of benzene rings is 1. The van der Waals surface area contributed by atoms with E-state index >= 15 is 0 Å². The van der Waals surface area contributed by atoms with Gasteiger partial charge in [-0.15, -0.1) is 0 Å². The average molecular weight is 401 g/mol. The van der Waals surface area contributed by atoms with Crippen LogP contribution in [-0.2, 0) is 4.74 Å². The van der Waals surface area contributed by atoms with E-state index in [0.717, 1.165) is 11.3 Å². The van der Waals surface area contributed by atoms with Gasteiger partial charge in [0.05, 0.1) is 26.1 Å². The van der Waals surface area contributed by atoms with E-state index in [9.17, 15) is 15.3 Å². The fourth-order valence-corrected chi connectivity index (χ4v) is 3.45. The van der Waals surface area contributed by atoms with Crippen molar-refractivity contribution < 1.29 is 24.8 Å². The number of rotatable bonds is 6. The summed E-state index contributed by atoms with van der Waals surface area (Å²) in [5.74, 6) is 1.29. The van der Waals surface area contributed by atoms with Crippen LogP contribution in [0.25, 0.3) is 11.2 Å². The van der Waals surface area contributed by atoms with Gasteiger partial charge in [-0.3, -0.25) is 4.57 Å². The highest BCUT2D eigenvalue weighted by molar-refractivity contribution is 5.82. The van der Waals surface area contributed by atoms with Crippen molar-refractivity contribution in [3.63, 3.8) is 0 Å². The van der Waals surface area contributed by atoms with E-state index in [0.29, 0.717) is 17.0 Å². The number of fused-ring (bicyclic) bond motifs is 1. The van der Waals surface area contributed by atoms with E-state index in [1.165, 1.54) is 17.2 Å². The van der Waals surface area contributed by atoms with Crippen molar-refractivity contribution in [1.82, 2.24) is 19.5 Å². The van der Waals surface area contributed by atoms with Crippen LogP contribution in [0.2, 0.25) is 0 Å². The van der Waals surface area contributed by atoms with Gasteiger partial charge in [0.25, 0.3) is 0 Å². The van der Waals surface area contributed by atoms with Crippen LogP contribution in [0.4, 0.5) is 5.82 Å². The van der Waals surface area contributed by atoms with Gasteiger partial charge in [0, 0.05) is 0 Å². The molecule has 4 rings (SSSR count). The van der Waals surface area contributed by atoms with Gasteiger partial charge in [-0.2, -0.15) is 0 Å². The molecule has 1 saturated heterocycles. The Kier molecular flexibility index (Phi) is 5.33. The maximum absolute atomic E-state index is 10.3. The molecule has 0 unspecified atom stereocenters. The lowest BCUT2D eigenvalue weighted by atomic mass is 10.1. The zero-order valence-electron chi connectivity index (χ0n) is 16.0. The number of nitrogens with one attached hydrogen (secondary N) is 1. The van der Waals surface area contributed by atoms with Gasteiger partial charge in [-0.25, -0.2) is 15.0 Å². The summed E-state index contributed by atoms with van der Waals surface area (Å²) >= 11 is 0. The second-order valence-electron chi connectivity index (χ2n) is 6.92. The molecule has 10 nitrogen and oxygen atoms in total. The fourth-order valence-electron chi connectivity index (χ4n) is 3.45. The Balaban J connectivity index is 1.62. The quantitative estimate of drug-likeness (QED) is 0.469. The number of hydrogen-bond donors (Lipinski definition) is 4. The molecule has 2 aromatic heterocycles. The Morgan fingerprint density at radius 3 is 2.79 bits per heavy atom. The third-order valence-corrected chi connectivity index (χ3v) is 5.10. The van der Waals surface area contributed by atoms with E-state index in [1.807, 2.05) is 31.2 Å². The van der Waals surface area contributed by atoms with Crippen LogP contribution in [0.15, 0.2) is 36.9 Å². The number of aromatic nitrogens is 4. The van der Waals surface area contributed by atoms with Crippen LogP contribution in [0.3, 0.4) is 0 Å². The molecule has 3 aromatic rings. The maximum atomic E-state index is 10.3. The highest BCUT2D eigenvalue weighted by atomic mass is 16.6. The van der Waals surface area contributed by atoms with E-state index in [-0.39, 0.29) is 6.04 Å². The third kappa shape index (κ3) is 3.51. The molecule has 1 fully saturated rings. The van der Waals surface area contributed by atoms with Crippen LogP contribution in [0.5, 0.6) is 5.75 Å². The topological polar surface area (TPSA) is 135 Å². The molecule has 0 bridgehead atoms. The molecule has 4 N–H and O–H groups in total. The van der Waals surface area contributed by atoms with Crippen LogP contribution in [0, 0.1) is 0 Å². The predicted octanol–water partition coefficient (Wildman–Crippen LogP) is 0.619. The molecule has 0 radical (unpaired) electrons. The number of imidazole rings is 1. The molecular formula is C19H23N5O5. The molecule has 1 aliphatic heterocycles. The molecule has 0 spiro atoms. The lowest BCUT2D eigenvalue weighted by Gasteiger charge is -2.17. The lowest BCUT2D eigenvalue weighted by Crippen LogP contribution is -2.33. The van der Waals surface area contributed by atoms with Crippen molar-refractivity contribution in [2.24, 2.45) is 0 Å². The van der Waals surface area contributed by atoms with Crippen LogP contribution < -0.4 is 10.1 Å². The highest BCUT2D eigenvalue weighted by Crippen LogP contribution is 2.32. The largest absolute Gasteiger partial charge is 0.497 e. The summed E-state index contributed by atoms with van der Waals surface area (Å²) in [7, 11) is 1.62. The number of methoxy groups -OCH3 is 1. The number of nitrogens with zero attached hydrogens (tertiary/aromatic N) is 4. The SMILES string of the molecule is COc1cccc([C@@H](C)Nc2ncnc3c2ncn3[C@@H]2O[C@H](CO)[C@@H](O)[C@H]2O)c1. The van der Waals surface area contributed by atoms with E-state index in [1.54, 1.807) is 7.11 Å². The van der Waals surface area contributed by atoms with Crippen LogP contribution >= 0.6 is 0 Å². The smallest absolute Gasteiger partial charge is 0.167 e. The minimum atomic E-state index is -1.22. The molecule has 10 heteroatoms. The molecule has 29 heavy (non-hydrogen) atoms. The van der Waals surface area contributed by atoms with Crippen molar-refractivity contribution in [3.05, 3.63) is 42.5 Å². The first-order chi connectivity index (χ1) is 14.0. The van der Waals surface area contributed by atoms with Crippen molar-refractivity contribution in [3.8, 4) is 5.75 Å². The zero-order valence-corrected chi connectivity index (χ0v) is 16.0. The van der Waals surface area contributed by atoms with Gasteiger partial charge in [0.15, 0.2) is 23.2 Å². The molecule has 0 amide bonds. The normalized spacial score (nSPS) is 25.3. The summed E-state index contributed by atoms with van der Waals surface area (Å²) in [6.07, 6.45) is -1.34. The van der Waals surface area contributed by atoms with Gasteiger partial charge in [0.1, 0.15) is 30.4 Å². The minimum Gasteiger partial charge on any atom is -0.497 e. The van der Waals surface area contributed by atoms with Crippen LogP contribution in [0.1, 0.15) is 24.8 Å². The Labute approximate surface area is 166 Å². The van der Waals surface area contributed by atoms with Gasteiger partial charge in [0.2, 0.25) is 0 Å². The predicted molar refractivity (Wildman–Crippen MR) is 103 cm³/mol. The average Bonchev–Trinajstić information content (AvgIpc) is 3.30. The van der Waals surface area contributed by atoms with E-state index < -0.39 is 31.1 Å². The number of anilines is 1. The number of aliphatic hydroxyl groups excluding tert-OH is 3. The fraction of sp³-hybridized carbons (Fsp3) is 0.421. The molecule has 0 saturated carbocycles. The van der Waals surface area contributed by atoms with Gasteiger partial charge in [-0.1, -0.05) is 12.1 Å². The lowest BCUT2D eigenvalue weighted by molar-refractivity contribution is -0.0511. The minimum absolute atomic E-state index is 0.0812. The number of ether oxygens (including phenoxy) is 2. The van der Waals surface area contributed by atoms with Crippen molar-refractivity contribution in [2.45, 2.75) is 37.5 Å². The molecule has 1 aromatic carbocycles. The maximum Gasteiger partial charge on any atom is 0.167 e. The summed E-state index contributed by atoms with van der Waals surface area (Å²) in [6.45, 7) is 1.59. The van der Waals surface area contributed by atoms with Crippen LogP contribution in [-0.4, -0.2) is 66.9 Å². The molecule has 154 valence electrons. The monoisotopic (exact) mass is 401 g/mol. The Hall–Kier alpha value is -2.79. The first-order valence-corrected chi connectivity index (χ1v) is 9.24. The second kappa shape index (κ2) is 7.91. The Morgan fingerprint density at radius 2 is 2.07 bits per heavy atom.